The minimum Gasteiger partial charge on any atom is -0.357 e. The lowest BCUT2D eigenvalue weighted by Crippen LogP contribution is -2.39. The first kappa shape index (κ1) is 11.4. The molecule has 2 aromatic rings. The van der Waals surface area contributed by atoms with E-state index in [1.807, 2.05) is 12.3 Å². The van der Waals surface area contributed by atoms with Crippen molar-refractivity contribution in [2.75, 3.05) is 18.4 Å². The highest BCUT2D eigenvalue weighted by Crippen LogP contribution is 2.27. The van der Waals surface area contributed by atoms with Crippen LogP contribution in [-0.2, 0) is 0 Å². The first-order valence-electron chi connectivity index (χ1n) is 6.34. The van der Waals surface area contributed by atoms with Crippen molar-refractivity contribution in [2.24, 2.45) is 0 Å². The number of pyridine rings is 1. The second kappa shape index (κ2) is 4.55. The van der Waals surface area contributed by atoms with E-state index in [0.717, 1.165) is 18.6 Å². The third kappa shape index (κ3) is 1.94. The standard InChI is InChI=1S/C14H18N4/c1-9-8-12(18-14-16-6-7-17-14)10(2)11-4-3-5-15-13(9)11/h3-5,8,14,16-18H,6-7H2,1-2H3. The van der Waals surface area contributed by atoms with Gasteiger partial charge in [-0.15, -0.1) is 0 Å². The van der Waals surface area contributed by atoms with Crippen LogP contribution in [0.15, 0.2) is 24.4 Å². The number of nitrogens with zero attached hydrogens (tertiary/aromatic N) is 1. The van der Waals surface area contributed by atoms with Crippen LogP contribution in [0.4, 0.5) is 5.69 Å². The van der Waals surface area contributed by atoms with Crippen molar-refractivity contribution in [1.29, 1.82) is 0 Å². The molecule has 0 bridgehead atoms. The summed E-state index contributed by atoms with van der Waals surface area (Å²) in [4.78, 5) is 4.46. The highest BCUT2D eigenvalue weighted by atomic mass is 15.3. The molecule has 0 atom stereocenters. The van der Waals surface area contributed by atoms with E-state index in [-0.39, 0.29) is 6.29 Å². The molecule has 18 heavy (non-hydrogen) atoms. The van der Waals surface area contributed by atoms with Gasteiger partial charge in [-0.2, -0.15) is 0 Å². The summed E-state index contributed by atoms with van der Waals surface area (Å²) in [5, 5.41) is 11.4. The van der Waals surface area contributed by atoms with Crippen molar-refractivity contribution in [2.45, 2.75) is 20.1 Å². The van der Waals surface area contributed by atoms with Gasteiger partial charge in [-0.05, 0) is 37.1 Å². The van der Waals surface area contributed by atoms with Crippen molar-refractivity contribution < 1.29 is 0 Å². The van der Waals surface area contributed by atoms with Gasteiger partial charge in [0.05, 0.1) is 5.52 Å². The van der Waals surface area contributed by atoms with Gasteiger partial charge in [-0.25, -0.2) is 0 Å². The number of aryl methyl sites for hydroxylation is 2. The summed E-state index contributed by atoms with van der Waals surface area (Å²) in [7, 11) is 0. The summed E-state index contributed by atoms with van der Waals surface area (Å²) in [5.41, 5.74) is 4.71. The molecule has 2 heterocycles. The molecular formula is C14H18N4. The summed E-state index contributed by atoms with van der Waals surface area (Å²) in [6.45, 7) is 6.26. The molecule has 0 saturated carbocycles. The van der Waals surface area contributed by atoms with E-state index >= 15 is 0 Å². The van der Waals surface area contributed by atoms with Gasteiger partial charge in [0.15, 0.2) is 0 Å². The molecule has 4 heteroatoms. The maximum atomic E-state index is 4.46. The molecule has 1 saturated heterocycles. The first-order valence-corrected chi connectivity index (χ1v) is 6.34. The van der Waals surface area contributed by atoms with Gasteiger partial charge in [0.2, 0.25) is 0 Å². The number of anilines is 1. The molecule has 94 valence electrons. The Morgan fingerprint density at radius 3 is 2.83 bits per heavy atom. The summed E-state index contributed by atoms with van der Waals surface area (Å²) < 4.78 is 0. The number of nitrogens with one attached hydrogen (secondary N) is 3. The molecule has 0 unspecified atom stereocenters. The molecule has 0 radical (unpaired) electrons. The van der Waals surface area contributed by atoms with E-state index in [2.05, 4.69) is 46.9 Å². The molecule has 1 fully saturated rings. The number of hydrogen-bond acceptors (Lipinski definition) is 4. The highest BCUT2D eigenvalue weighted by Gasteiger charge is 2.14. The smallest absolute Gasteiger partial charge is 0.132 e. The quantitative estimate of drug-likeness (QED) is 0.751. The van der Waals surface area contributed by atoms with Crippen LogP contribution < -0.4 is 16.0 Å². The average Bonchev–Trinajstić information content (AvgIpc) is 2.89. The fraction of sp³-hybridized carbons (Fsp3) is 0.357. The minimum absolute atomic E-state index is 0.164. The number of rotatable bonds is 2. The topological polar surface area (TPSA) is 49.0 Å². The van der Waals surface area contributed by atoms with E-state index in [9.17, 15) is 0 Å². The molecule has 3 N–H and O–H groups in total. The van der Waals surface area contributed by atoms with E-state index in [4.69, 9.17) is 0 Å². The van der Waals surface area contributed by atoms with Gasteiger partial charge in [0.25, 0.3) is 0 Å². The van der Waals surface area contributed by atoms with Gasteiger partial charge in [0, 0.05) is 30.4 Å². The molecule has 1 aliphatic rings. The Kier molecular flexibility index (Phi) is 2.89. The normalized spacial score (nSPS) is 16.3. The zero-order valence-electron chi connectivity index (χ0n) is 10.7. The molecular weight excluding hydrogens is 224 g/mol. The Morgan fingerprint density at radius 1 is 1.28 bits per heavy atom. The molecule has 1 aromatic heterocycles. The predicted molar refractivity (Wildman–Crippen MR) is 74.6 cm³/mol. The van der Waals surface area contributed by atoms with E-state index in [0.29, 0.717) is 0 Å². The Bertz CT molecular complexity index is 573. The van der Waals surface area contributed by atoms with Gasteiger partial charge in [-0.1, -0.05) is 6.07 Å². The van der Waals surface area contributed by atoms with Crippen molar-refractivity contribution in [3.8, 4) is 0 Å². The molecule has 0 aliphatic carbocycles. The Hall–Kier alpha value is -1.65. The van der Waals surface area contributed by atoms with Crippen LogP contribution in [0.1, 0.15) is 11.1 Å². The third-order valence-electron chi connectivity index (χ3n) is 3.47. The second-order valence-corrected chi connectivity index (χ2v) is 4.75. The monoisotopic (exact) mass is 242 g/mol. The largest absolute Gasteiger partial charge is 0.357 e. The summed E-state index contributed by atoms with van der Waals surface area (Å²) >= 11 is 0. The van der Waals surface area contributed by atoms with Crippen LogP contribution in [0.5, 0.6) is 0 Å². The summed E-state index contributed by atoms with van der Waals surface area (Å²) in [6.07, 6.45) is 2.01. The average molecular weight is 242 g/mol. The fourth-order valence-electron chi connectivity index (χ4n) is 2.47. The lowest BCUT2D eigenvalue weighted by Gasteiger charge is -2.18. The SMILES string of the molecule is Cc1c(NC2NCCN2)cc(C)c2ncccc12. The Morgan fingerprint density at radius 2 is 2.06 bits per heavy atom. The second-order valence-electron chi connectivity index (χ2n) is 4.75. The van der Waals surface area contributed by atoms with E-state index < -0.39 is 0 Å². The number of fused-ring (bicyclic) bond motifs is 1. The Labute approximate surface area is 107 Å². The van der Waals surface area contributed by atoms with Crippen LogP contribution in [0, 0.1) is 13.8 Å². The molecule has 1 aliphatic heterocycles. The predicted octanol–water partition coefficient (Wildman–Crippen LogP) is 1.74. The minimum atomic E-state index is 0.164. The van der Waals surface area contributed by atoms with Gasteiger partial charge in [-0.3, -0.25) is 15.6 Å². The number of aromatic nitrogens is 1. The maximum absolute atomic E-state index is 4.46. The van der Waals surface area contributed by atoms with Crippen molar-refractivity contribution in [3.05, 3.63) is 35.5 Å². The van der Waals surface area contributed by atoms with Crippen molar-refractivity contribution >= 4 is 16.6 Å². The summed E-state index contributed by atoms with van der Waals surface area (Å²) in [5.74, 6) is 0. The summed E-state index contributed by atoms with van der Waals surface area (Å²) in [6, 6.07) is 6.29. The zero-order valence-corrected chi connectivity index (χ0v) is 10.7. The lowest BCUT2D eigenvalue weighted by molar-refractivity contribution is 0.620. The third-order valence-corrected chi connectivity index (χ3v) is 3.47. The fourth-order valence-corrected chi connectivity index (χ4v) is 2.47. The van der Waals surface area contributed by atoms with Gasteiger partial charge >= 0.3 is 0 Å². The molecule has 4 nitrogen and oxygen atoms in total. The van der Waals surface area contributed by atoms with Crippen molar-refractivity contribution in [3.63, 3.8) is 0 Å². The van der Waals surface area contributed by atoms with Crippen LogP contribution in [0.3, 0.4) is 0 Å². The lowest BCUT2D eigenvalue weighted by atomic mass is 10.0. The van der Waals surface area contributed by atoms with Crippen LogP contribution in [0.2, 0.25) is 0 Å². The van der Waals surface area contributed by atoms with Crippen LogP contribution in [-0.4, -0.2) is 24.4 Å². The number of benzene rings is 1. The maximum Gasteiger partial charge on any atom is 0.132 e. The van der Waals surface area contributed by atoms with Crippen molar-refractivity contribution in [1.82, 2.24) is 15.6 Å². The van der Waals surface area contributed by atoms with E-state index in [1.54, 1.807) is 0 Å². The van der Waals surface area contributed by atoms with Gasteiger partial charge in [0.1, 0.15) is 6.29 Å². The molecule has 1 aromatic carbocycles. The molecule has 3 rings (SSSR count). The first-order chi connectivity index (χ1) is 8.75. The van der Waals surface area contributed by atoms with Crippen LogP contribution >= 0.6 is 0 Å². The van der Waals surface area contributed by atoms with E-state index in [1.165, 1.54) is 22.2 Å². The molecule has 0 spiro atoms. The molecule has 0 amide bonds. The van der Waals surface area contributed by atoms with Crippen LogP contribution in [0.25, 0.3) is 10.9 Å². The Balaban J connectivity index is 2.04. The number of hydrogen-bond donors (Lipinski definition) is 3. The van der Waals surface area contributed by atoms with Gasteiger partial charge < -0.3 is 5.32 Å². The highest BCUT2D eigenvalue weighted by molar-refractivity contribution is 5.89. The zero-order chi connectivity index (χ0) is 12.5.